The van der Waals surface area contributed by atoms with Crippen LogP contribution >= 0.6 is 11.6 Å². The van der Waals surface area contributed by atoms with Crippen LogP contribution < -0.4 is 4.74 Å². The van der Waals surface area contributed by atoms with Gasteiger partial charge in [0, 0.05) is 17.1 Å². The minimum Gasteiger partial charge on any atom is -0.508 e. The van der Waals surface area contributed by atoms with E-state index in [0.29, 0.717) is 33.9 Å². The van der Waals surface area contributed by atoms with Crippen molar-refractivity contribution in [2.24, 2.45) is 0 Å². The van der Waals surface area contributed by atoms with Gasteiger partial charge in [0.15, 0.2) is 0 Å². The van der Waals surface area contributed by atoms with Gasteiger partial charge in [0.25, 0.3) is 11.7 Å². The molecule has 2 N–H and O–H groups in total. The molecule has 192 valence electrons. The number of likely N-dealkylation sites (tertiary alicyclic amines) is 1. The fourth-order valence-electron chi connectivity index (χ4n) is 4.78. The Labute approximate surface area is 221 Å². The molecule has 0 bridgehead atoms. The molecule has 4 rings (SSSR count). The number of ether oxygens (including phenoxy) is 1. The van der Waals surface area contributed by atoms with Crippen LogP contribution in [-0.2, 0) is 16.0 Å². The van der Waals surface area contributed by atoms with Gasteiger partial charge in [0.2, 0.25) is 0 Å². The Hall–Kier alpha value is -3.77. The number of rotatable bonds is 7. The summed E-state index contributed by atoms with van der Waals surface area (Å²) in [5, 5.41) is 22.3. The molecule has 1 atom stereocenters. The number of aliphatic hydroxyl groups excluding tert-OH is 1. The van der Waals surface area contributed by atoms with Crippen molar-refractivity contribution in [1.82, 2.24) is 4.90 Å². The van der Waals surface area contributed by atoms with Gasteiger partial charge >= 0.3 is 0 Å². The number of ketones is 1. The number of nitrogens with zero attached hydrogens (tertiary/aromatic N) is 1. The van der Waals surface area contributed by atoms with E-state index >= 15 is 0 Å². The van der Waals surface area contributed by atoms with Crippen LogP contribution in [0.5, 0.6) is 11.5 Å². The molecule has 0 aliphatic carbocycles. The Bertz CT molecular complexity index is 1380. The maximum absolute atomic E-state index is 13.4. The lowest BCUT2D eigenvalue weighted by molar-refractivity contribution is -0.139. The third kappa shape index (κ3) is 5.20. The van der Waals surface area contributed by atoms with E-state index in [1.54, 1.807) is 31.4 Å². The van der Waals surface area contributed by atoms with E-state index in [9.17, 15) is 19.8 Å². The summed E-state index contributed by atoms with van der Waals surface area (Å²) in [5.41, 5.74) is 3.53. The number of halogens is 1. The molecular formula is C30H30ClNO5. The number of phenols is 1. The molecule has 1 amide bonds. The zero-order valence-corrected chi connectivity index (χ0v) is 22.0. The van der Waals surface area contributed by atoms with Crippen molar-refractivity contribution in [3.8, 4) is 11.5 Å². The summed E-state index contributed by atoms with van der Waals surface area (Å²) >= 11 is 6.00. The molecule has 1 fully saturated rings. The number of hydrogen-bond donors (Lipinski definition) is 2. The zero-order chi connectivity index (χ0) is 26.9. The third-order valence-electron chi connectivity index (χ3n) is 6.73. The van der Waals surface area contributed by atoms with Gasteiger partial charge < -0.3 is 19.8 Å². The van der Waals surface area contributed by atoms with Crippen molar-refractivity contribution in [3.05, 3.63) is 99.1 Å². The molecule has 0 radical (unpaired) electrons. The summed E-state index contributed by atoms with van der Waals surface area (Å²) in [7, 11) is 1.59. The zero-order valence-electron chi connectivity index (χ0n) is 21.3. The molecule has 0 saturated carbocycles. The van der Waals surface area contributed by atoms with Crippen molar-refractivity contribution in [2.45, 2.75) is 39.2 Å². The number of hydrogen-bond acceptors (Lipinski definition) is 5. The first-order valence-electron chi connectivity index (χ1n) is 12.1. The molecule has 0 aromatic heterocycles. The number of amides is 1. The molecule has 1 aliphatic heterocycles. The van der Waals surface area contributed by atoms with Crippen LogP contribution in [-0.4, -0.2) is 40.5 Å². The van der Waals surface area contributed by atoms with Gasteiger partial charge in [0.05, 0.1) is 18.7 Å². The number of methoxy groups -OCH3 is 1. The highest BCUT2D eigenvalue weighted by molar-refractivity contribution is 6.46. The number of aromatic hydroxyl groups is 1. The number of aliphatic hydroxyl groups is 1. The van der Waals surface area contributed by atoms with Gasteiger partial charge in [-0.25, -0.2) is 0 Å². The van der Waals surface area contributed by atoms with Crippen molar-refractivity contribution in [3.63, 3.8) is 0 Å². The Morgan fingerprint density at radius 1 is 1.08 bits per heavy atom. The van der Waals surface area contributed by atoms with Crippen molar-refractivity contribution >= 4 is 29.1 Å². The second-order valence-corrected chi connectivity index (χ2v) is 9.96. The average molecular weight is 520 g/mol. The highest BCUT2D eigenvalue weighted by atomic mass is 35.5. The Morgan fingerprint density at radius 2 is 1.78 bits per heavy atom. The van der Waals surface area contributed by atoms with Gasteiger partial charge in [-0.15, -0.1) is 0 Å². The van der Waals surface area contributed by atoms with Crippen LogP contribution in [0, 0.1) is 6.92 Å². The van der Waals surface area contributed by atoms with Crippen LogP contribution in [0.15, 0.2) is 66.2 Å². The van der Waals surface area contributed by atoms with E-state index in [1.807, 2.05) is 45.0 Å². The number of benzene rings is 3. The van der Waals surface area contributed by atoms with Gasteiger partial charge in [0.1, 0.15) is 17.3 Å². The topological polar surface area (TPSA) is 87.1 Å². The molecule has 7 heteroatoms. The lowest BCUT2D eigenvalue weighted by Crippen LogP contribution is -2.31. The molecule has 1 unspecified atom stereocenters. The standard InChI is InChI=1S/C30H30ClNO5/c1-17(2)23-16-24(18(3)14-25(23)37-4)28(34)26-27(20-6-5-7-22(33)15-20)32(30(36)29(26)35)13-12-19-8-10-21(31)11-9-19/h5-11,14-17,27,33-34H,12-13H2,1-4H3/b28-26+. The summed E-state index contributed by atoms with van der Waals surface area (Å²) < 4.78 is 5.52. The van der Waals surface area contributed by atoms with E-state index in [0.717, 1.165) is 11.1 Å². The first-order valence-corrected chi connectivity index (χ1v) is 12.5. The maximum Gasteiger partial charge on any atom is 0.295 e. The minimum atomic E-state index is -0.858. The quantitative estimate of drug-likeness (QED) is 0.222. The summed E-state index contributed by atoms with van der Waals surface area (Å²) in [6.07, 6.45) is 0.485. The molecule has 1 saturated heterocycles. The number of carbonyl (C=O) groups is 2. The SMILES string of the molecule is COc1cc(C)c(/C(O)=C2\C(=O)C(=O)N(CCc3ccc(Cl)cc3)C2c2cccc(O)c2)cc1C(C)C. The first kappa shape index (κ1) is 26.3. The van der Waals surface area contributed by atoms with Crippen LogP contribution in [0.1, 0.15) is 53.6 Å². The predicted molar refractivity (Wildman–Crippen MR) is 144 cm³/mol. The molecule has 0 spiro atoms. The highest BCUT2D eigenvalue weighted by Gasteiger charge is 2.46. The van der Waals surface area contributed by atoms with E-state index < -0.39 is 17.7 Å². The molecule has 1 aliphatic rings. The fraction of sp³-hybridized carbons (Fsp3) is 0.267. The normalized spacial score (nSPS) is 17.0. The number of carbonyl (C=O) groups excluding carboxylic acids is 2. The van der Waals surface area contributed by atoms with Gasteiger partial charge in [-0.1, -0.05) is 49.7 Å². The summed E-state index contributed by atoms with van der Waals surface area (Å²) in [5.74, 6) is -0.906. The summed E-state index contributed by atoms with van der Waals surface area (Å²) in [6.45, 7) is 6.09. The summed E-state index contributed by atoms with van der Waals surface area (Å²) in [6, 6.07) is 16.5. The first-order chi connectivity index (χ1) is 17.6. The fourth-order valence-corrected chi connectivity index (χ4v) is 4.91. The smallest absolute Gasteiger partial charge is 0.295 e. The van der Waals surface area contributed by atoms with E-state index in [2.05, 4.69) is 0 Å². The average Bonchev–Trinajstić information content (AvgIpc) is 3.12. The highest BCUT2D eigenvalue weighted by Crippen LogP contribution is 2.42. The Balaban J connectivity index is 1.84. The minimum absolute atomic E-state index is 0.00325. The van der Waals surface area contributed by atoms with Crippen LogP contribution in [0.4, 0.5) is 0 Å². The van der Waals surface area contributed by atoms with Crippen molar-refractivity contribution in [1.29, 1.82) is 0 Å². The van der Waals surface area contributed by atoms with Gasteiger partial charge in [-0.3, -0.25) is 9.59 Å². The van der Waals surface area contributed by atoms with E-state index in [-0.39, 0.29) is 29.5 Å². The van der Waals surface area contributed by atoms with Gasteiger partial charge in [-0.05, 0) is 77.9 Å². The Morgan fingerprint density at radius 3 is 2.41 bits per heavy atom. The largest absolute Gasteiger partial charge is 0.508 e. The molecule has 3 aromatic carbocycles. The molecule has 1 heterocycles. The lowest BCUT2D eigenvalue weighted by Gasteiger charge is -2.26. The number of aryl methyl sites for hydroxylation is 1. The summed E-state index contributed by atoms with van der Waals surface area (Å²) in [4.78, 5) is 28.1. The van der Waals surface area contributed by atoms with Crippen LogP contribution in [0.3, 0.4) is 0 Å². The van der Waals surface area contributed by atoms with Crippen LogP contribution in [0.2, 0.25) is 5.02 Å². The lowest BCUT2D eigenvalue weighted by atomic mass is 9.91. The molecular weight excluding hydrogens is 490 g/mol. The van der Waals surface area contributed by atoms with Gasteiger partial charge in [-0.2, -0.15) is 0 Å². The second-order valence-electron chi connectivity index (χ2n) is 9.53. The third-order valence-corrected chi connectivity index (χ3v) is 6.99. The number of Topliss-reactive ketones (excluding diaryl/α,β-unsaturated/α-hetero) is 1. The Kier molecular flexibility index (Phi) is 7.60. The predicted octanol–water partition coefficient (Wildman–Crippen LogP) is 6.15. The van der Waals surface area contributed by atoms with E-state index in [4.69, 9.17) is 16.3 Å². The van der Waals surface area contributed by atoms with Crippen molar-refractivity contribution in [2.75, 3.05) is 13.7 Å². The van der Waals surface area contributed by atoms with Crippen LogP contribution in [0.25, 0.3) is 5.76 Å². The second kappa shape index (κ2) is 10.7. The molecule has 6 nitrogen and oxygen atoms in total. The maximum atomic E-state index is 13.4. The molecule has 37 heavy (non-hydrogen) atoms. The van der Waals surface area contributed by atoms with Crippen molar-refractivity contribution < 1.29 is 24.5 Å². The molecule has 3 aromatic rings. The van der Waals surface area contributed by atoms with E-state index in [1.165, 1.54) is 17.0 Å². The monoisotopic (exact) mass is 519 g/mol. The number of phenolic OH excluding ortho intramolecular Hbond substituents is 1.